The van der Waals surface area contributed by atoms with Gasteiger partial charge >= 0.3 is 0 Å². The Balaban J connectivity index is 1.86. The van der Waals surface area contributed by atoms with E-state index in [-0.39, 0.29) is 0 Å². The Morgan fingerprint density at radius 2 is 2.17 bits per heavy atom. The van der Waals surface area contributed by atoms with Crippen LogP contribution in [0, 0.1) is 0 Å². The normalized spacial score (nSPS) is 10.7. The molecule has 3 heterocycles. The van der Waals surface area contributed by atoms with Crippen molar-refractivity contribution in [1.82, 2.24) is 15.0 Å². The van der Waals surface area contributed by atoms with E-state index in [2.05, 4.69) is 19.9 Å². The summed E-state index contributed by atoms with van der Waals surface area (Å²) in [5, 5.41) is 0.989. The van der Waals surface area contributed by atoms with Gasteiger partial charge in [0.15, 0.2) is 5.13 Å². The number of hydrogen-bond acceptors (Lipinski definition) is 5. The van der Waals surface area contributed by atoms with Crippen LogP contribution in [-0.2, 0) is 6.54 Å². The van der Waals surface area contributed by atoms with Crippen LogP contribution in [0.1, 0.15) is 5.69 Å². The van der Waals surface area contributed by atoms with E-state index in [1.54, 1.807) is 23.7 Å². The Hall–Kier alpha value is -2.01. The number of rotatable bonds is 3. The zero-order valence-electron chi connectivity index (χ0n) is 9.95. The second-order valence-corrected chi connectivity index (χ2v) is 5.03. The smallest absolute Gasteiger partial charge is 0.186 e. The quantitative estimate of drug-likeness (QED) is 0.722. The minimum absolute atomic E-state index is 0.758. The average Bonchev–Trinajstić information content (AvgIpc) is 2.84. The molecule has 0 bridgehead atoms. The number of hydrogen-bond donors (Lipinski definition) is 0. The molecule has 0 saturated heterocycles. The predicted molar refractivity (Wildman–Crippen MR) is 73.8 cm³/mol. The lowest BCUT2D eigenvalue weighted by atomic mass is 10.3. The van der Waals surface area contributed by atoms with Crippen molar-refractivity contribution in [3.05, 3.63) is 48.5 Å². The molecular formula is C13H12N4S. The van der Waals surface area contributed by atoms with E-state index in [4.69, 9.17) is 0 Å². The maximum atomic E-state index is 4.56. The summed E-state index contributed by atoms with van der Waals surface area (Å²) < 4.78 is 1.16. The fourth-order valence-corrected chi connectivity index (χ4v) is 2.63. The summed E-state index contributed by atoms with van der Waals surface area (Å²) in [4.78, 5) is 15.1. The highest BCUT2D eigenvalue weighted by atomic mass is 32.1. The Labute approximate surface area is 109 Å². The Morgan fingerprint density at radius 3 is 2.94 bits per heavy atom. The third kappa shape index (κ3) is 2.17. The van der Waals surface area contributed by atoms with Crippen molar-refractivity contribution in [2.24, 2.45) is 0 Å². The molecule has 0 saturated carbocycles. The molecule has 0 aliphatic heterocycles. The molecular weight excluding hydrogens is 244 g/mol. The first-order valence-corrected chi connectivity index (χ1v) is 6.46. The molecule has 0 unspecified atom stereocenters. The zero-order chi connectivity index (χ0) is 12.4. The lowest BCUT2D eigenvalue weighted by molar-refractivity contribution is 0.881. The van der Waals surface area contributed by atoms with Crippen molar-refractivity contribution in [3.8, 4) is 0 Å². The molecule has 0 spiro atoms. The van der Waals surface area contributed by atoms with Gasteiger partial charge in [0.2, 0.25) is 0 Å². The first kappa shape index (κ1) is 11.1. The van der Waals surface area contributed by atoms with E-state index < -0.39 is 0 Å². The van der Waals surface area contributed by atoms with Crippen LogP contribution in [0.5, 0.6) is 0 Å². The Kier molecular flexibility index (Phi) is 2.90. The fourth-order valence-electron chi connectivity index (χ4n) is 1.73. The highest BCUT2D eigenvalue weighted by Gasteiger charge is 2.08. The third-order valence-corrected chi connectivity index (χ3v) is 3.78. The Bertz CT molecular complexity index is 617. The molecule has 3 rings (SSSR count). The monoisotopic (exact) mass is 256 g/mol. The summed E-state index contributed by atoms with van der Waals surface area (Å²) in [6.07, 6.45) is 5.40. The van der Waals surface area contributed by atoms with Crippen molar-refractivity contribution < 1.29 is 0 Å². The molecule has 0 aliphatic rings. The molecule has 0 fully saturated rings. The lowest BCUT2D eigenvalue weighted by Crippen LogP contribution is -2.16. The van der Waals surface area contributed by atoms with Gasteiger partial charge in [-0.2, -0.15) is 0 Å². The van der Waals surface area contributed by atoms with Crippen LogP contribution < -0.4 is 4.90 Å². The Morgan fingerprint density at radius 1 is 1.22 bits per heavy atom. The van der Waals surface area contributed by atoms with E-state index in [0.29, 0.717) is 0 Å². The van der Waals surface area contributed by atoms with E-state index in [1.807, 2.05) is 37.5 Å². The molecule has 0 N–H and O–H groups in total. The zero-order valence-corrected chi connectivity index (χ0v) is 10.8. The number of fused-ring (bicyclic) bond motifs is 1. The summed E-state index contributed by atoms with van der Waals surface area (Å²) in [6.45, 7) is 0.758. The van der Waals surface area contributed by atoms with Gasteiger partial charge in [-0.3, -0.25) is 9.97 Å². The van der Waals surface area contributed by atoms with E-state index in [9.17, 15) is 0 Å². The largest absolute Gasteiger partial charge is 0.345 e. The second kappa shape index (κ2) is 4.70. The van der Waals surface area contributed by atoms with Crippen LogP contribution in [0.4, 0.5) is 5.13 Å². The highest BCUT2D eigenvalue weighted by Crippen LogP contribution is 2.27. The van der Waals surface area contributed by atoms with Gasteiger partial charge in [0.05, 0.1) is 23.1 Å². The van der Waals surface area contributed by atoms with Crippen molar-refractivity contribution in [1.29, 1.82) is 0 Å². The summed E-state index contributed by atoms with van der Waals surface area (Å²) in [6, 6.07) is 7.93. The predicted octanol–water partition coefficient (Wildman–Crippen LogP) is 2.72. The molecule has 3 aromatic heterocycles. The van der Waals surface area contributed by atoms with Crippen LogP contribution in [-0.4, -0.2) is 22.0 Å². The number of anilines is 1. The molecule has 4 nitrogen and oxygen atoms in total. The number of nitrogens with zero attached hydrogens (tertiary/aromatic N) is 4. The minimum Gasteiger partial charge on any atom is -0.345 e. The van der Waals surface area contributed by atoms with Crippen molar-refractivity contribution >= 4 is 26.7 Å². The molecule has 0 atom stereocenters. The molecule has 90 valence electrons. The van der Waals surface area contributed by atoms with Crippen LogP contribution in [0.3, 0.4) is 0 Å². The van der Waals surface area contributed by atoms with Gasteiger partial charge in [-0.1, -0.05) is 17.4 Å². The van der Waals surface area contributed by atoms with E-state index >= 15 is 0 Å². The molecule has 0 radical (unpaired) electrons. The standard InChI is InChI=1S/C13H12N4S/c1-17(9-10-4-2-3-6-15-10)13-16-11-8-14-7-5-12(11)18-13/h2-8H,9H2,1H3. The van der Waals surface area contributed by atoms with E-state index in [0.717, 1.165) is 27.6 Å². The SMILES string of the molecule is CN(Cc1ccccn1)c1nc2cnccc2s1. The van der Waals surface area contributed by atoms with Crippen molar-refractivity contribution in [3.63, 3.8) is 0 Å². The third-order valence-electron chi connectivity index (χ3n) is 2.63. The molecule has 0 aliphatic carbocycles. The van der Waals surface area contributed by atoms with Gasteiger partial charge in [0.1, 0.15) is 5.52 Å². The van der Waals surface area contributed by atoms with Crippen molar-refractivity contribution in [2.75, 3.05) is 11.9 Å². The highest BCUT2D eigenvalue weighted by molar-refractivity contribution is 7.22. The van der Waals surface area contributed by atoms with Crippen LogP contribution in [0.2, 0.25) is 0 Å². The van der Waals surface area contributed by atoms with Gasteiger partial charge in [0.25, 0.3) is 0 Å². The van der Waals surface area contributed by atoms with Crippen LogP contribution in [0.15, 0.2) is 42.9 Å². The number of aromatic nitrogens is 3. The van der Waals surface area contributed by atoms with Crippen LogP contribution >= 0.6 is 11.3 Å². The number of thiazole rings is 1. The summed E-state index contributed by atoms with van der Waals surface area (Å²) in [7, 11) is 2.03. The summed E-state index contributed by atoms with van der Waals surface area (Å²) in [5.41, 5.74) is 1.99. The molecule has 3 aromatic rings. The summed E-state index contributed by atoms with van der Waals surface area (Å²) >= 11 is 1.67. The first-order chi connectivity index (χ1) is 8.83. The fraction of sp³-hybridized carbons (Fsp3) is 0.154. The number of pyridine rings is 2. The van der Waals surface area contributed by atoms with Gasteiger partial charge in [-0.15, -0.1) is 0 Å². The molecule has 18 heavy (non-hydrogen) atoms. The topological polar surface area (TPSA) is 41.9 Å². The second-order valence-electron chi connectivity index (χ2n) is 4.02. The minimum atomic E-state index is 0.758. The molecule has 0 amide bonds. The maximum absolute atomic E-state index is 4.56. The van der Waals surface area contributed by atoms with Gasteiger partial charge in [-0.05, 0) is 18.2 Å². The lowest BCUT2D eigenvalue weighted by Gasteiger charge is -2.14. The summed E-state index contributed by atoms with van der Waals surface area (Å²) in [5.74, 6) is 0. The van der Waals surface area contributed by atoms with Gasteiger partial charge in [-0.25, -0.2) is 4.98 Å². The maximum Gasteiger partial charge on any atom is 0.186 e. The molecule has 0 aromatic carbocycles. The van der Waals surface area contributed by atoms with Crippen LogP contribution in [0.25, 0.3) is 10.2 Å². The van der Waals surface area contributed by atoms with Gasteiger partial charge < -0.3 is 4.90 Å². The first-order valence-electron chi connectivity index (χ1n) is 5.64. The average molecular weight is 256 g/mol. The van der Waals surface area contributed by atoms with E-state index in [1.165, 1.54) is 0 Å². The molecule has 5 heteroatoms. The van der Waals surface area contributed by atoms with Gasteiger partial charge in [0, 0.05) is 19.4 Å². The van der Waals surface area contributed by atoms with Crippen molar-refractivity contribution in [2.45, 2.75) is 6.54 Å².